The second kappa shape index (κ2) is 5.08. The van der Waals surface area contributed by atoms with Gasteiger partial charge >= 0.3 is 5.97 Å². The fourth-order valence-corrected chi connectivity index (χ4v) is 2.50. The lowest BCUT2D eigenvalue weighted by Crippen LogP contribution is -2.21. The van der Waals surface area contributed by atoms with Gasteiger partial charge in [0.2, 0.25) is 0 Å². The third kappa shape index (κ3) is 2.25. The predicted octanol–water partition coefficient (Wildman–Crippen LogP) is 0.404. The molecule has 3 N–H and O–H groups in total. The van der Waals surface area contributed by atoms with E-state index in [4.69, 9.17) is 10.5 Å². The molecular formula is C12H20N4O3. The molecule has 0 bridgehead atoms. The zero-order valence-electron chi connectivity index (χ0n) is 11.5. The van der Waals surface area contributed by atoms with Crippen molar-refractivity contribution >= 4 is 17.6 Å². The standard InChI is InChI=1S/C12H20N4O3/c1-15(2)11-9(12(18)19-3)10(13)16(14-11)7-5-4-6-8(7)17/h7-8,17H,4-6,13H2,1-3H3. The molecule has 1 heterocycles. The van der Waals surface area contributed by atoms with Crippen molar-refractivity contribution in [1.29, 1.82) is 0 Å². The van der Waals surface area contributed by atoms with Gasteiger partial charge in [-0.1, -0.05) is 0 Å². The highest BCUT2D eigenvalue weighted by molar-refractivity contribution is 5.99. The number of aromatic nitrogens is 2. The number of esters is 1. The number of rotatable bonds is 3. The molecule has 1 aliphatic carbocycles. The summed E-state index contributed by atoms with van der Waals surface area (Å²) >= 11 is 0. The average Bonchev–Trinajstić information content (AvgIpc) is 2.92. The Bertz CT molecular complexity index is 484. The van der Waals surface area contributed by atoms with Crippen LogP contribution in [-0.2, 0) is 4.74 Å². The first-order valence-electron chi connectivity index (χ1n) is 6.29. The molecule has 19 heavy (non-hydrogen) atoms. The Morgan fingerprint density at radius 2 is 2.21 bits per heavy atom. The smallest absolute Gasteiger partial charge is 0.345 e. The lowest BCUT2D eigenvalue weighted by Gasteiger charge is -2.16. The third-order valence-electron chi connectivity index (χ3n) is 3.50. The number of carbonyl (C=O) groups is 1. The number of anilines is 2. The van der Waals surface area contributed by atoms with E-state index in [0.29, 0.717) is 5.82 Å². The maximum atomic E-state index is 11.8. The zero-order valence-corrected chi connectivity index (χ0v) is 11.5. The minimum absolute atomic E-state index is 0.169. The normalized spacial score (nSPS) is 22.5. The lowest BCUT2D eigenvalue weighted by molar-refractivity contribution is 0.0602. The highest BCUT2D eigenvalue weighted by atomic mass is 16.5. The number of hydrogen-bond acceptors (Lipinski definition) is 6. The number of nitrogens with zero attached hydrogens (tertiary/aromatic N) is 3. The Hall–Kier alpha value is -1.76. The van der Waals surface area contributed by atoms with Gasteiger partial charge < -0.3 is 20.5 Å². The summed E-state index contributed by atoms with van der Waals surface area (Å²) in [6.45, 7) is 0. The zero-order chi connectivity index (χ0) is 14.2. The average molecular weight is 268 g/mol. The highest BCUT2D eigenvalue weighted by Gasteiger charge is 2.33. The van der Waals surface area contributed by atoms with E-state index in [-0.39, 0.29) is 17.4 Å². The van der Waals surface area contributed by atoms with Gasteiger partial charge in [-0.15, -0.1) is 0 Å². The molecular weight excluding hydrogens is 248 g/mol. The number of hydrogen-bond donors (Lipinski definition) is 2. The monoisotopic (exact) mass is 268 g/mol. The molecule has 0 aliphatic heterocycles. The quantitative estimate of drug-likeness (QED) is 0.771. The molecule has 0 radical (unpaired) electrons. The van der Waals surface area contributed by atoms with Crippen LogP contribution in [0, 0.1) is 0 Å². The Labute approximate surface area is 111 Å². The Kier molecular flexibility index (Phi) is 3.66. The first-order valence-corrected chi connectivity index (χ1v) is 6.29. The number of aliphatic hydroxyl groups is 1. The predicted molar refractivity (Wildman–Crippen MR) is 71.2 cm³/mol. The van der Waals surface area contributed by atoms with Crippen LogP contribution in [0.5, 0.6) is 0 Å². The van der Waals surface area contributed by atoms with Gasteiger partial charge in [0.15, 0.2) is 5.82 Å². The molecule has 0 aromatic carbocycles. The van der Waals surface area contributed by atoms with Crippen LogP contribution >= 0.6 is 0 Å². The molecule has 2 atom stereocenters. The van der Waals surface area contributed by atoms with E-state index in [1.54, 1.807) is 23.7 Å². The van der Waals surface area contributed by atoms with Crippen LogP contribution in [0.4, 0.5) is 11.6 Å². The first kappa shape index (κ1) is 13.7. The molecule has 0 amide bonds. The van der Waals surface area contributed by atoms with Crippen molar-refractivity contribution in [3.63, 3.8) is 0 Å². The van der Waals surface area contributed by atoms with Crippen molar-refractivity contribution < 1.29 is 14.6 Å². The summed E-state index contributed by atoms with van der Waals surface area (Å²) in [4.78, 5) is 13.5. The van der Waals surface area contributed by atoms with E-state index in [1.165, 1.54) is 7.11 Å². The topological polar surface area (TPSA) is 93.6 Å². The van der Waals surface area contributed by atoms with Gasteiger partial charge in [-0.2, -0.15) is 5.10 Å². The number of nitrogens with two attached hydrogens (primary N) is 1. The molecule has 1 saturated carbocycles. The third-order valence-corrected chi connectivity index (χ3v) is 3.50. The highest BCUT2D eigenvalue weighted by Crippen LogP contribution is 2.35. The van der Waals surface area contributed by atoms with Crippen LogP contribution in [-0.4, -0.2) is 48.2 Å². The van der Waals surface area contributed by atoms with E-state index >= 15 is 0 Å². The van der Waals surface area contributed by atoms with E-state index in [1.807, 2.05) is 0 Å². The summed E-state index contributed by atoms with van der Waals surface area (Å²) in [5.74, 6) is 0.199. The Morgan fingerprint density at radius 1 is 1.53 bits per heavy atom. The fraction of sp³-hybridized carbons (Fsp3) is 0.667. The van der Waals surface area contributed by atoms with Crippen LogP contribution < -0.4 is 10.6 Å². The molecule has 2 unspecified atom stereocenters. The lowest BCUT2D eigenvalue weighted by atomic mass is 10.2. The molecule has 7 nitrogen and oxygen atoms in total. The van der Waals surface area contributed by atoms with Crippen LogP contribution in [0.1, 0.15) is 35.7 Å². The summed E-state index contributed by atoms with van der Waals surface area (Å²) in [6, 6.07) is -0.169. The van der Waals surface area contributed by atoms with Gasteiger partial charge in [0.05, 0.1) is 19.3 Å². The summed E-state index contributed by atoms with van der Waals surface area (Å²) in [6.07, 6.45) is 1.99. The molecule has 1 aromatic heterocycles. The Morgan fingerprint density at radius 3 is 2.68 bits per heavy atom. The summed E-state index contributed by atoms with van der Waals surface area (Å²) in [7, 11) is 4.87. The van der Waals surface area contributed by atoms with Gasteiger partial charge in [0.25, 0.3) is 0 Å². The Balaban J connectivity index is 2.49. The second-order valence-corrected chi connectivity index (χ2v) is 4.98. The van der Waals surface area contributed by atoms with Crippen molar-refractivity contribution in [2.24, 2.45) is 0 Å². The number of aliphatic hydroxyl groups excluding tert-OH is 1. The fourth-order valence-electron chi connectivity index (χ4n) is 2.50. The number of methoxy groups -OCH3 is 1. The van der Waals surface area contributed by atoms with Gasteiger partial charge in [-0.3, -0.25) is 0 Å². The van der Waals surface area contributed by atoms with Crippen LogP contribution in [0.15, 0.2) is 0 Å². The van der Waals surface area contributed by atoms with E-state index in [9.17, 15) is 9.90 Å². The number of ether oxygens (including phenoxy) is 1. The molecule has 1 fully saturated rings. The van der Waals surface area contributed by atoms with Crippen molar-refractivity contribution in [1.82, 2.24) is 9.78 Å². The van der Waals surface area contributed by atoms with Crippen molar-refractivity contribution in [2.75, 3.05) is 31.8 Å². The molecule has 2 rings (SSSR count). The van der Waals surface area contributed by atoms with Crippen molar-refractivity contribution in [3.8, 4) is 0 Å². The van der Waals surface area contributed by atoms with Crippen molar-refractivity contribution in [3.05, 3.63) is 5.56 Å². The molecule has 1 aromatic rings. The van der Waals surface area contributed by atoms with Crippen molar-refractivity contribution in [2.45, 2.75) is 31.4 Å². The minimum Gasteiger partial charge on any atom is -0.465 e. The van der Waals surface area contributed by atoms with Gasteiger partial charge in [-0.25, -0.2) is 9.48 Å². The van der Waals surface area contributed by atoms with E-state index < -0.39 is 12.1 Å². The minimum atomic E-state index is -0.514. The second-order valence-electron chi connectivity index (χ2n) is 4.98. The molecule has 106 valence electrons. The largest absolute Gasteiger partial charge is 0.465 e. The first-order chi connectivity index (χ1) is 8.97. The maximum Gasteiger partial charge on any atom is 0.345 e. The van der Waals surface area contributed by atoms with Crippen LogP contribution in [0.3, 0.4) is 0 Å². The molecule has 1 aliphatic rings. The summed E-state index contributed by atoms with van der Waals surface area (Å²) in [5.41, 5.74) is 6.28. The van der Waals surface area contributed by atoms with Gasteiger partial charge in [-0.05, 0) is 19.3 Å². The summed E-state index contributed by atoms with van der Waals surface area (Å²) < 4.78 is 6.30. The number of carbonyl (C=O) groups excluding carboxylic acids is 1. The van der Waals surface area contributed by atoms with Crippen LogP contribution in [0.25, 0.3) is 0 Å². The molecule has 0 saturated heterocycles. The molecule has 0 spiro atoms. The maximum absolute atomic E-state index is 11.8. The molecule has 7 heteroatoms. The van der Waals surface area contributed by atoms with Gasteiger partial charge in [0.1, 0.15) is 11.4 Å². The van der Waals surface area contributed by atoms with Crippen LogP contribution in [0.2, 0.25) is 0 Å². The van der Waals surface area contributed by atoms with Gasteiger partial charge in [0, 0.05) is 14.1 Å². The van der Waals surface area contributed by atoms with E-state index in [2.05, 4.69) is 5.10 Å². The SMILES string of the molecule is COC(=O)c1c(N(C)C)nn(C2CCCC2O)c1N. The summed E-state index contributed by atoms with van der Waals surface area (Å²) in [5, 5.41) is 14.3. The number of nitrogen functional groups attached to an aromatic ring is 1. The van der Waals surface area contributed by atoms with E-state index in [0.717, 1.165) is 19.3 Å².